The van der Waals surface area contributed by atoms with Crippen molar-refractivity contribution in [2.75, 3.05) is 0 Å². The van der Waals surface area contributed by atoms with E-state index in [1.54, 1.807) is 17.6 Å². The van der Waals surface area contributed by atoms with Crippen LogP contribution < -0.4 is 0 Å². The zero-order valence-electron chi connectivity index (χ0n) is 17.4. The second-order valence-corrected chi connectivity index (χ2v) is 8.78. The van der Waals surface area contributed by atoms with Gasteiger partial charge in [0.15, 0.2) is 5.82 Å². The van der Waals surface area contributed by atoms with Gasteiger partial charge in [0.05, 0.1) is 18.8 Å². The van der Waals surface area contributed by atoms with E-state index in [1.807, 2.05) is 22.9 Å². The van der Waals surface area contributed by atoms with Crippen LogP contribution in [-0.2, 0) is 26.1 Å². The molecule has 0 radical (unpaired) electrons. The lowest BCUT2D eigenvalue weighted by atomic mass is 10.0. The third kappa shape index (κ3) is 5.04. The van der Waals surface area contributed by atoms with Gasteiger partial charge in [-0.2, -0.15) is 0 Å². The number of thiophene rings is 1. The monoisotopic (exact) mass is 421 g/mol. The highest BCUT2D eigenvalue weighted by Crippen LogP contribution is 2.31. The lowest BCUT2D eigenvalue weighted by Gasteiger charge is -2.32. The van der Waals surface area contributed by atoms with Gasteiger partial charge in [0.1, 0.15) is 5.76 Å². The molecule has 0 amide bonds. The predicted octanol–water partition coefficient (Wildman–Crippen LogP) is 4.97. The Hall–Kier alpha value is -2.77. The minimum absolute atomic E-state index is 0.0722. The number of hydrogen-bond donors (Lipinski definition) is 0. The van der Waals surface area contributed by atoms with Gasteiger partial charge < -0.3 is 4.42 Å². The number of nitrogens with zero attached hydrogens (tertiary/aromatic N) is 5. The number of tetrazole rings is 1. The van der Waals surface area contributed by atoms with Crippen LogP contribution in [0.3, 0.4) is 0 Å². The van der Waals surface area contributed by atoms with Gasteiger partial charge in [0, 0.05) is 18.0 Å². The second-order valence-electron chi connectivity index (χ2n) is 7.75. The molecule has 0 aliphatic rings. The van der Waals surface area contributed by atoms with Crippen molar-refractivity contribution in [1.82, 2.24) is 25.1 Å². The molecule has 0 aliphatic heterocycles. The van der Waals surface area contributed by atoms with E-state index in [9.17, 15) is 0 Å². The molecule has 0 aliphatic carbocycles. The summed E-state index contributed by atoms with van der Waals surface area (Å²) in [7, 11) is 0. The smallest absolute Gasteiger partial charge is 0.168 e. The first-order chi connectivity index (χ1) is 14.7. The first-order valence-corrected chi connectivity index (χ1v) is 11.2. The molecule has 6 nitrogen and oxygen atoms in total. The summed E-state index contributed by atoms with van der Waals surface area (Å²) in [4.78, 5) is 3.73. The highest BCUT2D eigenvalue weighted by molar-refractivity contribution is 7.09. The van der Waals surface area contributed by atoms with Crippen LogP contribution in [-0.4, -0.2) is 25.1 Å². The normalized spacial score (nSPS) is 12.7. The molecule has 1 atom stereocenters. The Morgan fingerprint density at radius 2 is 1.90 bits per heavy atom. The van der Waals surface area contributed by atoms with Gasteiger partial charge in [0.25, 0.3) is 0 Å². The molecule has 3 aromatic heterocycles. The van der Waals surface area contributed by atoms with Gasteiger partial charge in [-0.25, -0.2) is 4.68 Å². The zero-order chi connectivity index (χ0) is 20.8. The summed E-state index contributed by atoms with van der Waals surface area (Å²) in [6.45, 7) is 6.74. The van der Waals surface area contributed by atoms with Gasteiger partial charge >= 0.3 is 0 Å². The maximum Gasteiger partial charge on any atom is 0.168 e. The fourth-order valence-corrected chi connectivity index (χ4v) is 4.53. The van der Waals surface area contributed by atoms with Crippen molar-refractivity contribution >= 4 is 11.3 Å². The number of benzene rings is 1. The van der Waals surface area contributed by atoms with Crippen LogP contribution in [0.5, 0.6) is 0 Å². The van der Waals surface area contributed by atoms with E-state index in [4.69, 9.17) is 4.42 Å². The molecule has 7 heteroatoms. The highest BCUT2D eigenvalue weighted by Gasteiger charge is 2.30. The fourth-order valence-electron chi connectivity index (χ4n) is 3.80. The Kier molecular flexibility index (Phi) is 6.71. The minimum Gasteiger partial charge on any atom is -0.468 e. The molecule has 1 aromatic carbocycles. The molecule has 0 saturated carbocycles. The van der Waals surface area contributed by atoms with Crippen molar-refractivity contribution in [3.05, 3.63) is 88.3 Å². The maximum absolute atomic E-state index is 5.67. The van der Waals surface area contributed by atoms with Crippen LogP contribution in [0.2, 0.25) is 0 Å². The Labute approximate surface area is 181 Å². The Balaban J connectivity index is 1.59. The maximum atomic E-state index is 5.67. The Morgan fingerprint density at radius 3 is 2.60 bits per heavy atom. The van der Waals surface area contributed by atoms with E-state index in [-0.39, 0.29) is 6.04 Å². The molecule has 0 saturated heterocycles. The molecule has 3 heterocycles. The first-order valence-electron chi connectivity index (χ1n) is 10.3. The van der Waals surface area contributed by atoms with Gasteiger partial charge in [-0.3, -0.25) is 4.90 Å². The van der Waals surface area contributed by atoms with Crippen molar-refractivity contribution in [1.29, 1.82) is 0 Å². The van der Waals surface area contributed by atoms with Crippen molar-refractivity contribution in [2.45, 2.75) is 45.9 Å². The van der Waals surface area contributed by atoms with E-state index in [0.29, 0.717) is 12.5 Å². The molecule has 0 fully saturated rings. The summed E-state index contributed by atoms with van der Waals surface area (Å²) < 4.78 is 7.63. The Bertz CT molecular complexity index is 959. The van der Waals surface area contributed by atoms with Crippen molar-refractivity contribution in [3.63, 3.8) is 0 Å². The second kappa shape index (κ2) is 9.82. The quantitative estimate of drug-likeness (QED) is 0.362. The van der Waals surface area contributed by atoms with Gasteiger partial charge in [-0.15, -0.1) is 16.4 Å². The van der Waals surface area contributed by atoms with Crippen molar-refractivity contribution in [2.24, 2.45) is 5.92 Å². The molecule has 0 N–H and O–H groups in total. The van der Waals surface area contributed by atoms with Gasteiger partial charge in [-0.1, -0.05) is 50.2 Å². The first kappa shape index (κ1) is 20.5. The molecular weight excluding hydrogens is 394 g/mol. The number of furan rings is 1. The van der Waals surface area contributed by atoms with Crippen LogP contribution in [0.15, 0.2) is 70.7 Å². The molecular formula is C23H27N5OS. The lowest BCUT2D eigenvalue weighted by molar-refractivity contribution is 0.118. The average molecular weight is 422 g/mol. The largest absolute Gasteiger partial charge is 0.468 e. The van der Waals surface area contributed by atoms with Gasteiger partial charge in [-0.05, 0) is 51.9 Å². The van der Waals surface area contributed by atoms with Gasteiger partial charge in [0.2, 0.25) is 0 Å². The minimum atomic E-state index is 0.0722. The van der Waals surface area contributed by atoms with Crippen LogP contribution in [0.25, 0.3) is 0 Å². The van der Waals surface area contributed by atoms with Crippen LogP contribution in [0.4, 0.5) is 0 Å². The molecule has 4 aromatic rings. The topological polar surface area (TPSA) is 60.0 Å². The summed E-state index contributed by atoms with van der Waals surface area (Å²) in [6.07, 6.45) is 2.62. The standard InChI is InChI=1S/C23H27N5OS/c1-18(2)22(23-24-25-26-28(23)13-12-19-8-4-3-5-9-19)27(16-20-10-6-14-29-20)17-21-11-7-15-30-21/h3-11,14-15,18,22H,12-13,16-17H2,1-2H3/t22-/m0/s1. The molecule has 156 valence electrons. The average Bonchev–Trinajstić information content (AvgIpc) is 3.51. The fraction of sp³-hybridized carbons (Fsp3) is 0.348. The van der Waals surface area contributed by atoms with Crippen LogP contribution in [0.1, 0.15) is 41.9 Å². The number of aryl methyl sites for hydroxylation is 2. The highest BCUT2D eigenvalue weighted by atomic mass is 32.1. The Morgan fingerprint density at radius 1 is 1.03 bits per heavy atom. The summed E-state index contributed by atoms with van der Waals surface area (Å²) in [5, 5.41) is 14.9. The van der Waals surface area contributed by atoms with E-state index >= 15 is 0 Å². The summed E-state index contributed by atoms with van der Waals surface area (Å²) in [5.74, 6) is 2.19. The van der Waals surface area contributed by atoms with Crippen LogP contribution in [0, 0.1) is 5.92 Å². The SMILES string of the molecule is CC(C)[C@@H](c1nnnn1CCc1ccccc1)N(Cc1ccco1)Cc1cccs1. The third-order valence-corrected chi connectivity index (χ3v) is 6.04. The molecule has 0 bridgehead atoms. The van der Waals surface area contributed by atoms with E-state index in [2.05, 4.69) is 76.1 Å². The summed E-state index contributed by atoms with van der Waals surface area (Å²) in [5.41, 5.74) is 1.28. The number of rotatable bonds is 10. The summed E-state index contributed by atoms with van der Waals surface area (Å²) in [6, 6.07) is 18.8. The zero-order valence-corrected chi connectivity index (χ0v) is 18.2. The molecule has 0 unspecified atom stereocenters. The third-order valence-electron chi connectivity index (χ3n) is 5.18. The van der Waals surface area contributed by atoms with E-state index < -0.39 is 0 Å². The van der Waals surface area contributed by atoms with Crippen molar-refractivity contribution < 1.29 is 4.42 Å². The summed E-state index contributed by atoms with van der Waals surface area (Å²) >= 11 is 1.77. The van der Waals surface area contributed by atoms with Crippen molar-refractivity contribution in [3.8, 4) is 0 Å². The molecule has 4 rings (SSSR count). The molecule has 30 heavy (non-hydrogen) atoms. The lowest BCUT2D eigenvalue weighted by Crippen LogP contribution is -2.33. The van der Waals surface area contributed by atoms with E-state index in [1.165, 1.54) is 10.4 Å². The van der Waals surface area contributed by atoms with E-state index in [0.717, 1.165) is 31.1 Å². The molecule has 0 spiro atoms. The number of aromatic nitrogens is 4. The van der Waals surface area contributed by atoms with Crippen LogP contribution >= 0.6 is 11.3 Å². The number of hydrogen-bond acceptors (Lipinski definition) is 6. The predicted molar refractivity (Wildman–Crippen MR) is 118 cm³/mol.